The van der Waals surface area contributed by atoms with Crippen LogP contribution in [0.2, 0.25) is 0 Å². The summed E-state index contributed by atoms with van der Waals surface area (Å²) in [5.74, 6) is 0.282. The first-order valence-electron chi connectivity index (χ1n) is 16.3. The zero-order chi connectivity index (χ0) is 31.7. The molecule has 1 aliphatic carbocycles. The van der Waals surface area contributed by atoms with E-state index in [-0.39, 0.29) is 17.6 Å². The SMILES string of the molecule is O=C(Nc1cncc(-c2cnc3n[nH]c(-c4cc5c(-c6cc(F)cc(OCCCN7CCCC7)c6)cncc5[nH]4)c3c2)c1)C1CCC1. The van der Waals surface area contributed by atoms with Gasteiger partial charge in [0.25, 0.3) is 0 Å². The van der Waals surface area contributed by atoms with Gasteiger partial charge in [-0.15, -0.1) is 0 Å². The van der Waals surface area contributed by atoms with Gasteiger partial charge in [0.05, 0.1) is 41.6 Å². The van der Waals surface area contributed by atoms with E-state index in [0.29, 0.717) is 29.3 Å². The molecule has 47 heavy (non-hydrogen) atoms. The van der Waals surface area contributed by atoms with Gasteiger partial charge in [-0.2, -0.15) is 5.10 Å². The highest BCUT2D eigenvalue weighted by Crippen LogP contribution is 2.36. The third-order valence-electron chi connectivity index (χ3n) is 9.31. The van der Waals surface area contributed by atoms with Crippen LogP contribution in [-0.2, 0) is 4.79 Å². The lowest BCUT2D eigenvalue weighted by molar-refractivity contribution is -0.122. The minimum atomic E-state index is -0.357. The predicted octanol–water partition coefficient (Wildman–Crippen LogP) is 6.97. The molecule has 6 heterocycles. The van der Waals surface area contributed by atoms with Crippen LogP contribution in [0, 0.1) is 11.7 Å². The number of likely N-dealkylation sites (tertiary alicyclic amines) is 1. The number of rotatable bonds is 10. The standard InChI is InChI=1S/C36H35FN8O2/c37-26-11-23(13-28(15-26)47-10-4-9-45-7-1-2-8-45)31-20-39-21-33-29(31)16-32(42-33)34-30-14-25(18-40-35(30)44-43-34)24-12-27(19-38-17-24)41-36(46)22-5-3-6-22/h11-22,42H,1-10H2,(H,41,46)(H,40,43,44). The lowest BCUT2D eigenvalue weighted by Crippen LogP contribution is -2.28. The molecule has 8 rings (SSSR count). The maximum absolute atomic E-state index is 14.8. The quantitative estimate of drug-likeness (QED) is 0.140. The zero-order valence-corrected chi connectivity index (χ0v) is 25.9. The molecule has 10 nitrogen and oxygen atoms in total. The van der Waals surface area contributed by atoms with Gasteiger partial charge in [-0.25, -0.2) is 9.37 Å². The smallest absolute Gasteiger partial charge is 0.227 e. The van der Waals surface area contributed by atoms with Crippen molar-refractivity contribution in [3.05, 3.63) is 73.2 Å². The Labute approximate surface area is 270 Å². The van der Waals surface area contributed by atoms with Gasteiger partial charge in [-0.3, -0.25) is 19.9 Å². The third kappa shape index (κ3) is 6.06. The summed E-state index contributed by atoms with van der Waals surface area (Å²) < 4.78 is 20.8. The Bertz CT molecular complexity index is 2080. The van der Waals surface area contributed by atoms with Gasteiger partial charge in [0.2, 0.25) is 5.91 Å². The van der Waals surface area contributed by atoms with Crippen LogP contribution < -0.4 is 10.1 Å². The molecule has 2 fully saturated rings. The summed E-state index contributed by atoms with van der Waals surface area (Å²) >= 11 is 0. The number of nitrogens with zero attached hydrogens (tertiary/aromatic N) is 5. The molecule has 11 heteroatoms. The molecule has 0 bridgehead atoms. The van der Waals surface area contributed by atoms with Crippen molar-refractivity contribution in [2.75, 3.05) is 31.6 Å². The number of aromatic amines is 2. The lowest BCUT2D eigenvalue weighted by Gasteiger charge is -2.24. The zero-order valence-electron chi connectivity index (χ0n) is 25.9. The molecule has 1 saturated heterocycles. The number of hydrogen-bond acceptors (Lipinski definition) is 7. The van der Waals surface area contributed by atoms with Gasteiger partial charge in [-0.05, 0) is 81.1 Å². The molecular weight excluding hydrogens is 595 g/mol. The Morgan fingerprint density at radius 3 is 2.62 bits per heavy atom. The molecule has 1 aliphatic heterocycles. The normalized spacial score (nSPS) is 15.3. The summed E-state index contributed by atoms with van der Waals surface area (Å²) in [6, 6.07) is 10.8. The molecule has 1 aromatic carbocycles. The highest BCUT2D eigenvalue weighted by molar-refractivity contribution is 6.01. The highest BCUT2D eigenvalue weighted by atomic mass is 19.1. The molecule has 238 valence electrons. The van der Waals surface area contributed by atoms with Crippen LogP contribution in [0.3, 0.4) is 0 Å². The predicted molar refractivity (Wildman–Crippen MR) is 179 cm³/mol. The number of halogens is 1. The Morgan fingerprint density at radius 1 is 0.915 bits per heavy atom. The number of pyridine rings is 3. The summed E-state index contributed by atoms with van der Waals surface area (Å²) in [7, 11) is 0. The molecule has 1 saturated carbocycles. The van der Waals surface area contributed by atoms with Crippen molar-refractivity contribution in [1.82, 2.24) is 35.0 Å². The van der Waals surface area contributed by atoms with Crippen LogP contribution in [0.25, 0.3) is 55.6 Å². The van der Waals surface area contributed by atoms with E-state index in [9.17, 15) is 9.18 Å². The van der Waals surface area contributed by atoms with Crippen LogP contribution >= 0.6 is 0 Å². The van der Waals surface area contributed by atoms with Gasteiger partial charge in [-0.1, -0.05) is 6.42 Å². The summed E-state index contributed by atoms with van der Waals surface area (Å²) in [6.07, 6.45) is 15.1. The van der Waals surface area contributed by atoms with Gasteiger partial charge in [0.1, 0.15) is 11.6 Å². The summed E-state index contributed by atoms with van der Waals surface area (Å²) in [5.41, 5.74) is 6.76. The van der Waals surface area contributed by atoms with Crippen molar-refractivity contribution >= 4 is 33.5 Å². The molecule has 0 atom stereocenters. The first-order valence-corrected chi connectivity index (χ1v) is 16.3. The van der Waals surface area contributed by atoms with E-state index >= 15 is 0 Å². The van der Waals surface area contributed by atoms with E-state index in [2.05, 4.69) is 40.3 Å². The van der Waals surface area contributed by atoms with E-state index in [1.54, 1.807) is 31.0 Å². The minimum absolute atomic E-state index is 0.0449. The second-order valence-electron chi connectivity index (χ2n) is 12.5. The van der Waals surface area contributed by atoms with Crippen LogP contribution in [0.1, 0.15) is 38.5 Å². The van der Waals surface area contributed by atoms with E-state index in [0.717, 1.165) is 89.7 Å². The molecule has 3 N–H and O–H groups in total. The van der Waals surface area contributed by atoms with Gasteiger partial charge < -0.3 is 19.9 Å². The van der Waals surface area contributed by atoms with Crippen LogP contribution in [0.15, 0.2) is 67.4 Å². The average Bonchev–Trinajstić information content (AvgIpc) is 3.81. The fourth-order valence-electron chi connectivity index (χ4n) is 6.55. The third-order valence-corrected chi connectivity index (χ3v) is 9.31. The van der Waals surface area contributed by atoms with Gasteiger partial charge >= 0.3 is 0 Å². The number of fused-ring (bicyclic) bond motifs is 2. The Morgan fingerprint density at radius 2 is 1.77 bits per heavy atom. The van der Waals surface area contributed by atoms with Crippen molar-refractivity contribution in [1.29, 1.82) is 0 Å². The van der Waals surface area contributed by atoms with Crippen LogP contribution in [0.4, 0.5) is 10.1 Å². The molecule has 6 aromatic rings. The summed E-state index contributed by atoms with van der Waals surface area (Å²) in [5, 5.41) is 12.3. The molecular formula is C36H35FN8O2. The number of nitrogens with one attached hydrogen (secondary N) is 3. The maximum Gasteiger partial charge on any atom is 0.227 e. The van der Waals surface area contributed by atoms with Gasteiger partial charge in [0, 0.05) is 64.6 Å². The molecule has 0 spiro atoms. The Balaban J connectivity index is 1.06. The van der Waals surface area contributed by atoms with E-state index < -0.39 is 0 Å². The first-order chi connectivity index (χ1) is 23.1. The number of aromatic nitrogens is 6. The monoisotopic (exact) mass is 630 g/mol. The van der Waals surface area contributed by atoms with Crippen molar-refractivity contribution in [3.63, 3.8) is 0 Å². The van der Waals surface area contributed by atoms with E-state index in [1.165, 1.54) is 25.0 Å². The summed E-state index contributed by atoms with van der Waals surface area (Å²) in [6.45, 7) is 3.84. The maximum atomic E-state index is 14.8. The molecule has 1 amide bonds. The molecule has 0 unspecified atom stereocenters. The number of amides is 1. The topological polar surface area (TPSA) is 125 Å². The van der Waals surface area contributed by atoms with Crippen LogP contribution in [-0.4, -0.2) is 67.2 Å². The number of carbonyl (C=O) groups is 1. The molecule has 5 aromatic heterocycles. The fraction of sp³-hybridized carbons (Fsp3) is 0.306. The lowest BCUT2D eigenvalue weighted by atomic mass is 9.85. The molecule has 0 radical (unpaired) electrons. The fourth-order valence-corrected chi connectivity index (χ4v) is 6.55. The van der Waals surface area contributed by atoms with Crippen molar-refractivity contribution < 1.29 is 13.9 Å². The molecule has 2 aliphatic rings. The second-order valence-corrected chi connectivity index (χ2v) is 12.5. The first kappa shape index (κ1) is 29.3. The largest absolute Gasteiger partial charge is 0.493 e. The Kier molecular flexibility index (Phi) is 7.82. The van der Waals surface area contributed by atoms with E-state index in [4.69, 9.17) is 4.74 Å². The number of carbonyl (C=O) groups excluding carboxylic acids is 1. The van der Waals surface area contributed by atoms with E-state index in [1.807, 2.05) is 24.3 Å². The van der Waals surface area contributed by atoms with Gasteiger partial charge in [0.15, 0.2) is 5.65 Å². The van der Waals surface area contributed by atoms with Crippen molar-refractivity contribution in [2.45, 2.75) is 38.5 Å². The number of hydrogen-bond donors (Lipinski definition) is 3. The van der Waals surface area contributed by atoms with Crippen molar-refractivity contribution in [3.8, 4) is 39.4 Å². The second kappa shape index (κ2) is 12.6. The van der Waals surface area contributed by atoms with Crippen molar-refractivity contribution in [2.24, 2.45) is 5.92 Å². The highest BCUT2D eigenvalue weighted by Gasteiger charge is 2.25. The van der Waals surface area contributed by atoms with Crippen LogP contribution in [0.5, 0.6) is 5.75 Å². The minimum Gasteiger partial charge on any atom is -0.493 e. The Hall–Kier alpha value is -5.16. The summed E-state index contributed by atoms with van der Waals surface area (Å²) in [4.78, 5) is 31.8. The number of anilines is 1. The number of benzene rings is 1. The number of H-pyrrole nitrogens is 2. The number of ether oxygens (including phenoxy) is 1. The average molecular weight is 631 g/mol.